The monoisotopic (exact) mass is 330 g/mol. The summed E-state index contributed by atoms with van der Waals surface area (Å²) in [5, 5.41) is 2.93. The van der Waals surface area contributed by atoms with Crippen molar-refractivity contribution in [1.82, 2.24) is 10.2 Å². The number of likely N-dealkylation sites (N-methyl/N-ethyl adjacent to an activating group) is 1. The summed E-state index contributed by atoms with van der Waals surface area (Å²) in [5.74, 6) is 1.38. The van der Waals surface area contributed by atoms with Gasteiger partial charge in [0.05, 0.1) is 12.3 Å². The lowest BCUT2D eigenvalue weighted by atomic mass is 10.2. The number of carbonyl (C=O) groups is 1. The van der Waals surface area contributed by atoms with Gasteiger partial charge in [-0.3, -0.25) is 9.69 Å². The molecule has 24 heavy (non-hydrogen) atoms. The van der Waals surface area contributed by atoms with Crippen molar-refractivity contribution >= 4 is 5.91 Å². The Kier molecular flexibility index (Phi) is 6.44. The molecule has 1 aromatic heterocycles. The number of nitrogens with one attached hydrogen (secondary N) is 1. The van der Waals surface area contributed by atoms with E-state index in [0.29, 0.717) is 12.3 Å². The fourth-order valence-corrected chi connectivity index (χ4v) is 2.42. The van der Waals surface area contributed by atoms with Crippen LogP contribution in [0, 0.1) is 0 Å². The predicted octanol–water partition coefficient (Wildman–Crippen LogP) is 3.03. The quantitative estimate of drug-likeness (QED) is 0.808. The Labute approximate surface area is 143 Å². The average Bonchev–Trinajstić information content (AvgIpc) is 3.09. The summed E-state index contributed by atoms with van der Waals surface area (Å²) in [7, 11) is 3.91. The van der Waals surface area contributed by atoms with Crippen LogP contribution in [-0.4, -0.2) is 37.6 Å². The van der Waals surface area contributed by atoms with Gasteiger partial charge in [-0.1, -0.05) is 19.1 Å². The van der Waals surface area contributed by atoms with Crippen molar-refractivity contribution in [3.63, 3.8) is 0 Å². The zero-order chi connectivity index (χ0) is 17.5. The molecule has 0 spiro atoms. The number of ether oxygens (including phenoxy) is 1. The van der Waals surface area contributed by atoms with Crippen LogP contribution in [0.25, 0.3) is 0 Å². The van der Waals surface area contributed by atoms with E-state index in [1.54, 1.807) is 13.2 Å². The minimum absolute atomic E-state index is 0.0139. The molecule has 0 saturated carbocycles. The first-order valence-electron chi connectivity index (χ1n) is 8.24. The molecule has 0 aliphatic rings. The average molecular weight is 330 g/mol. The van der Waals surface area contributed by atoms with E-state index in [4.69, 9.17) is 9.15 Å². The van der Waals surface area contributed by atoms with E-state index >= 15 is 0 Å². The largest absolute Gasteiger partial charge is 0.481 e. The molecule has 2 unspecified atom stereocenters. The highest BCUT2D eigenvalue weighted by Crippen LogP contribution is 2.18. The van der Waals surface area contributed by atoms with Crippen LogP contribution < -0.4 is 10.1 Å². The smallest absolute Gasteiger partial charge is 0.260 e. The molecule has 2 rings (SSSR count). The molecule has 2 atom stereocenters. The lowest BCUT2D eigenvalue weighted by Gasteiger charge is -2.23. The predicted molar refractivity (Wildman–Crippen MR) is 94.1 cm³/mol. The second kappa shape index (κ2) is 8.55. The maximum absolute atomic E-state index is 12.3. The summed E-state index contributed by atoms with van der Waals surface area (Å²) in [6.07, 6.45) is 2.06. The molecule has 0 aliphatic heterocycles. The van der Waals surface area contributed by atoms with Gasteiger partial charge >= 0.3 is 0 Å². The second-order valence-electron chi connectivity index (χ2n) is 6.00. The third kappa shape index (κ3) is 4.86. The number of benzene rings is 1. The molecular formula is C19H26N2O3. The Morgan fingerprint density at radius 2 is 1.96 bits per heavy atom. The molecule has 0 bridgehead atoms. The first-order valence-corrected chi connectivity index (χ1v) is 8.24. The number of hydrogen-bond donors (Lipinski definition) is 1. The maximum atomic E-state index is 12.3. The number of furan rings is 1. The topological polar surface area (TPSA) is 54.7 Å². The minimum Gasteiger partial charge on any atom is -0.481 e. The Morgan fingerprint density at radius 1 is 1.25 bits per heavy atom. The Balaban J connectivity index is 1.88. The van der Waals surface area contributed by atoms with Gasteiger partial charge in [0.2, 0.25) is 0 Å². The van der Waals surface area contributed by atoms with Crippen LogP contribution in [0.4, 0.5) is 0 Å². The van der Waals surface area contributed by atoms with Crippen molar-refractivity contribution in [3.05, 3.63) is 54.0 Å². The van der Waals surface area contributed by atoms with Crippen molar-refractivity contribution in [2.75, 3.05) is 20.6 Å². The Morgan fingerprint density at radius 3 is 2.50 bits per heavy atom. The van der Waals surface area contributed by atoms with Gasteiger partial charge in [-0.05, 0) is 57.3 Å². The lowest BCUT2D eigenvalue weighted by Crippen LogP contribution is -2.40. The van der Waals surface area contributed by atoms with E-state index in [-0.39, 0.29) is 11.9 Å². The molecule has 0 saturated heterocycles. The Bertz CT molecular complexity index is 621. The summed E-state index contributed by atoms with van der Waals surface area (Å²) in [6, 6.07) is 11.6. The molecule has 2 aromatic rings. The number of hydrogen-bond acceptors (Lipinski definition) is 4. The molecule has 1 heterocycles. The van der Waals surface area contributed by atoms with Gasteiger partial charge in [-0.2, -0.15) is 0 Å². The number of nitrogens with zero attached hydrogens (tertiary/aromatic N) is 1. The van der Waals surface area contributed by atoms with E-state index in [1.165, 1.54) is 5.56 Å². The molecule has 5 heteroatoms. The van der Waals surface area contributed by atoms with Crippen molar-refractivity contribution in [2.24, 2.45) is 0 Å². The molecule has 0 fully saturated rings. The number of amides is 1. The standard InChI is InChI=1S/C19H26N2O3/c1-5-15-8-10-16(11-9-15)24-14(2)19(22)20-13-17(21(3)4)18-7-6-12-23-18/h6-12,14,17H,5,13H2,1-4H3,(H,20,22). The van der Waals surface area contributed by atoms with Crippen LogP contribution in [-0.2, 0) is 11.2 Å². The minimum atomic E-state index is -0.558. The third-order valence-electron chi connectivity index (χ3n) is 3.98. The van der Waals surface area contributed by atoms with E-state index in [9.17, 15) is 4.79 Å². The maximum Gasteiger partial charge on any atom is 0.260 e. The fourth-order valence-electron chi connectivity index (χ4n) is 2.42. The molecule has 0 aliphatic carbocycles. The molecule has 1 aromatic carbocycles. The summed E-state index contributed by atoms with van der Waals surface area (Å²) >= 11 is 0. The van der Waals surface area contributed by atoms with Crippen LogP contribution in [0.1, 0.15) is 31.2 Å². The molecule has 5 nitrogen and oxygen atoms in total. The molecule has 130 valence electrons. The van der Waals surface area contributed by atoms with Crippen molar-refractivity contribution in [3.8, 4) is 5.75 Å². The highest BCUT2D eigenvalue weighted by molar-refractivity contribution is 5.80. The van der Waals surface area contributed by atoms with E-state index < -0.39 is 6.10 Å². The molecule has 1 amide bonds. The number of aryl methyl sites for hydroxylation is 1. The zero-order valence-electron chi connectivity index (χ0n) is 14.8. The van der Waals surface area contributed by atoms with Crippen LogP contribution in [0.3, 0.4) is 0 Å². The van der Waals surface area contributed by atoms with Gasteiger partial charge in [0, 0.05) is 6.54 Å². The van der Waals surface area contributed by atoms with Crippen LogP contribution in [0.2, 0.25) is 0 Å². The second-order valence-corrected chi connectivity index (χ2v) is 6.00. The van der Waals surface area contributed by atoms with Crippen LogP contribution in [0.15, 0.2) is 47.1 Å². The van der Waals surface area contributed by atoms with Gasteiger partial charge in [-0.15, -0.1) is 0 Å². The van der Waals surface area contributed by atoms with Crippen molar-refractivity contribution in [2.45, 2.75) is 32.4 Å². The number of carbonyl (C=O) groups excluding carboxylic acids is 1. The molecular weight excluding hydrogens is 304 g/mol. The van der Waals surface area contributed by atoms with Gasteiger partial charge in [0.25, 0.3) is 5.91 Å². The highest BCUT2D eigenvalue weighted by atomic mass is 16.5. The fraction of sp³-hybridized carbons (Fsp3) is 0.421. The van der Waals surface area contributed by atoms with Crippen LogP contribution >= 0.6 is 0 Å². The van der Waals surface area contributed by atoms with E-state index in [2.05, 4.69) is 12.2 Å². The first-order chi connectivity index (χ1) is 11.5. The van der Waals surface area contributed by atoms with Gasteiger partial charge < -0.3 is 14.5 Å². The van der Waals surface area contributed by atoms with Crippen molar-refractivity contribution in [1.29, 1.82) is 0 Å². The highest BCUT2D eigenvalue weighted by Gasteiger charge is 2.20. The first kappa shape index (κ1) is 18.1. The Hall–Kier alpha value is -2.27. The summed E-state index contributed by atoms with van der Waals surface area (Å²) in [6.45, 7) is 4.31. The SMILES string of the molecule is CCc1ccc(OC(C)C(=O)NCC(c2ccco2)N(C)C)cc1. The van der Waals surface area contributed by atoms with E-state index in [1.807, 2.05) is 55.4 Å². The van der Waals surface area contributed by atoms with Crippen molar-refractivity contribution < 1.29 is 13.9 Å². The zero-order valence-corrected chi connectivity index (χ0v) is 14.8. The summed E-state index contributed by atoms with van der Waals surface area (Å²) < 4.78 is 11.2. The molecule has 1 N–H and O–H groups in total. The lowest BCUT2D eigenvalue weighted by molar-refractivity contribution is -0.127. The molecule has 0 radical (unpaired) electrons. The van der Waals surface area contributed by atoms with Gasteiger partial charge in [0.1, 0.15) is 11.5 Å². The van der Waals surface area contributed by atoms with Gasteiger partial charge in [0.15, 0.2) is 6.10 Å². The normalized spacial score (nSPS) is 13.5. The van der Waals surface area contributed by atoms with E-state index in [0.717, 1.165) is 12.2 Å². The summed E-state index contributed by atoms with van der Waals surface area (Å²) in [5.41, 5.74) is 1.24. The third-order valence-corrected chi connectivity index (χ3v) is 3.98. The van der Waals surface area contributed by atoms with Crippen LogP contribution in [0.5, 0.6) is 5.75 Å². The summed E-state index contributed by atoms with van der Waals surface area (Å²) in [4.78, 5) is 14.3. The van der Waals surface area contributed by atoms with Gasteiger partial charge in [-0.25, -0.2) is 0 Å². The number of rotatable bonds is 8.